The third kappa shape index (κ3) is 8.20. The maximum absolute atomic E-state index is 12.8. The van der Waals surface area contributed by atoms with E-state index in [9.17, 15) is 18.0 Å². The predicted octanol–water partition coefficient (Wildman–Crippen LogP) is 4.24. The van der Waals surface area contributed by atoms with Gasteiger partial charge in [-0.05, 0) is 24.3 Å². The Balaban J connectivity index is 0.000000451. The van der Waals surface area contributed by atoms with Crippen LogP contribution >= 0.6 is 11.8 Å². The molecule has 180 valence electrons. The van der Waals surface area contributed by atoms with Crippen LogP contribution in [0.15, 0.2) is 30.3 Å². The van der Waals surface area contributed by atoms with Crippen LogP contribution in [0.1, 0.15) is 38.3 Å². The molecule has 6 nitrogen and oxygen atoms in total. The summed E-state index contributed by atoms with van der Waals surface area (Å²) in [5.74, 6) is 0.129. The van der Waals surface area contributed by atoms with Crippen LogP contribution in [-0.4, -0.2) is 76.8 Å². The zero-order valence-electron chi connectivity index (χ0n) is 18.5. The van der Waals surface area contributed by atoms with Gasteiger partial charge in [0.2, 0.25) is 0 Å². The minimum atomic E-state index is -5.08. The maximum Gasteiger partial charge on any atom is 0.490 e. The Morgan fingerprint density at radius 1 is 1.06 bits per heavy atom. The lowest BCUT2D eigenvalue weighted by atomic mass is 9.96. The van der Waals surface area contributed by atoms with Gasteiger partial charge in [-0.2, -0.15) is 24.9 Å². The highest BCUT2D eigenvalue weighted by atomic mass is 32.2. The van der Waals surface area contributed by atoms with Crippen molar-refractivity contribution in [3.63, 3.8) is 0 Å². The minimum absolute atomic E-state index is 0.0746. The molecule has 2 aliphatic rings. The normalized spacial score (nSPS) is 19.1. The van der Waals surface area contributed by atoms with Crippen molar-refractivity contribution in [2.75, 3.05) is 37.7 Å². The van der Waals surface area contributed by atoms with Crippen molar-refractivity contribution in [1.29, 1.82) is 0 Å². The van der Waals surface area contributed by atoms with Crippen molar-refractivity contribution in [2.45, 2.75) is 44.9 Å². The molecule has 0 radical (unpaired) electrons. The predicted molar refractivity (Wildman–Crippen MR) is 120 cm³/mol. The van der Waals surface area contributed by atoms with Crippen LogP contribution in [0.3, 0.4) is 0 Å². The van der Waals surface area contributed by atoms with Crippen molar-refractivity contribution in [3.8, 4) is 0 Å². The Bertz CT molecular complexity index is 720. The van der Waals surface area contributed by atoms with Crippen molar-refractivity contribution in [3.05, 3.63) is 35.9 Å². The van der Waals surface area contributed by atoms with E-state index in [0.29, 0.717) is 12.0 Å². The molecule has 1 unspecified atom stereocenters. The molecule has 0 saturated carbocycles. The molecule has 2 aliphatic heterocycles. The van der Waals surface area contributed by atoms with E-state index in [-0.39, 0.29) is 12.1 Å². The number of carboxylic acid groups (broad SMARTS) is 1. The number of carbonyl (C=O) groups excluding carboxylic acids is 1. The topological polar surface area (TPSA) is 72.9 Å². The lowest BCUT2D eigenvalue weighted by molar-refractivity contribution is -0.192. The van der Waals surface area contributed by atoms with Crippen LogP contribution in [0.25, 0.3) is 0 Å². The molecule has 3 rings (SSSR count). The molecular formula is C22H32F3N3O3S. The van der Waals surface area contributed by atoms with Crippen LogP contribution in [0.5, 0.6) is 0 Å². The van der Waals surface area contributed by atoms with E-state index in [2.05, 4.69) is 48.0 Å². The van der Waals surface area contributed by atoms with Gasteiger partial charge in [-0.3, -0.25) is 4.90 Å². The van der Waals surface area contributed by atoms with Crippen LogP contribution < -0.4 is 5.32 Å². The fourth-order valence-electron chi connectivity index (χ4n) is 3.90. The zero-order valence-corrected chi connectivity index (χ0v) is 19.3. The number of rotatable bonds is 4. The van der Waals surface area contributed by atoms with Gasteiger partial charge in [0.15, 0.2) is 0 Å². The number of alkyl halides is 3. The van der Waals surface area contributed by atoms with Gasteiger partial charge in [0.1, 0.15) is 0 Å². The summed E-state index contributed by atoms with van der Waals surface area (Å²) in [6, 6.07) is 11.1. The number of nitrogens with zero attached hydrogens (tertiary/aromatic N) is 2. The molecule has 2 fully saturated rings. The second-order valence-corrected chi connectivity index (χ2v) is 9.48. The number of carbonyl (C=O) groups is 2. The van der Waals surface area contributed by atoms with E-state index in [4.69, 9.17) is 9.90 Å². The van der Waals surface area contributed by atoms with Gasteiger partial charge in [-0.1, -0.05) is 44.2 Å². The zero-order chi connectivity index (χ0) is 23.7. The highest BCUT2D eigenvalue weighted by Crippen LogP contribution is 2.24. The Hall–Kier alpha value is -1.94. The van der Waals surface area contributed by atoms with Crippen molar-refractivity contribution < 1.29 is 27.9 Å². The second-order valence-electron chi connectivity index (χ2n) is 8.25. The Morgan fingerprint density at radius 2 is 1.59 bits per heavy atom. The minimum Gasteiger partial charge on any atom is -0.475 e. The molecule has 2 N–H and O–H groups in total. The largest absolute Gasteiger partial charge is 0.490 e. The molecule has 10 heteroatoms. The number of hydrogen-bond acceptors (Lipinski definition) is 4. The number of thioether (sulfide) groups is 1. The first-order valence-electron chi connectivity index (χ1n) is 10.8. The Morgan fingerprint density at radius 3 is 2.06 bits per heavy atom. The van der Waals surface area contributed by atoms with Gasteiger partial charge < -0.3 is 15.3 Å². The number of carboxylic acids is 1. The van der Waals surface area contributed by atoms with E-state index in [0.717, 1.165) is 25.9 Å². The fourth-order valence-corrected chi connectivity index (χ4v) is 4.83. The quantitative estimate of drug-likeness (QED) is 0.682. The van der Waals surface area contributed by atoms with E-state index >= 15 is 0 Å². The molecule has 2 saturated heterocycles. The average molecular weight is 476 g/mol. The summed E-state index contributed by atoms with van der Waals surface area (Å²) in [5.41, 5.74) is 1.19. The SMILES string of the molecule is CC(C)C(NC(=O)N1CCC(N2CCSCC2)CC1)c1ccccc1.O=C(O)C(F)(F)F. The van der Waals surface area contributed by atoms with E-state index in [1.54, 1.807) is 0 Å². The van der Waals surface area contributed by atoms with Crippen LogP contribution in [0.2, 0.25) is 0 Å². The highest BCUT2D eigenvalue weighted by molar-refractivity contribution is 7.99. The molecule has 0 aliphatic carbocycles. The van der Waals surface area contributed by atoms with E-state index in [1.165, 1.54) is 30.2 Å². The summed E-state index contributed by atoms with van der Waals surface area (Å²) in [4.78, 5) is 26.3. The average Bonchev–Trinajstić information content (AvgIpc) is 2.78. The third-order valence-corrected chi connectivity index (χ3v) is 6.60. The number of piperidine rings is 1. The number of amides is 2. The molecule has 32 heavy (non-hydrogen) atoms. The highest BCUT2D eigenvalue weighted by Gasteiger charge is 2.38. The first-order chi connectivity index (χ1) is 15.1. The van der Waals surface area contributed by atoms with Crippen molar-refractivity contribution >= 4 is 23.8 Å². The smallest absolute Gasteiger partial charge is 0.475 e. The Kier molecular flexibility index (Phi) is 10.1. The number of aliphatic carboxylic acids is 1. The van der Waals surface area contributed by atoms with Gasteiger partial charge >= 0.3 is 18.2 Å². The van der Waals surface area contributed by atoms with Crippen LogP contribution in [-0.2, 0) is 4.79 Å². The van der Waals surface area contributed by atoms with Crippen LogP contribution in [0, 0.1) is 5.92 Å². The molecule has 0 bridgehead atoms. The van der Waals surface area contributed by atoms with Gasteiger partial charge in [-0.25, -0.2) is 9.59 Å². The maximum atomic E-state index is 12.8. The molecule has 1 aromatic carbocycles. The van der Waals surface area contributed by atoms with E-state index in [1.807, 2.05) is 23.1 Å². The summed E-state index contributed by atoms with van der Waals surface area (Å²) in [6.07, 6.45) is -2.87. The number of nitrogens with one attached hydrogen (secondary N) is 1. The van der Waals surface area contributed by atoms with Crippen molar-refractivity contribution in [2.24, 2.45) is 5.92 Å². The fraction of sp³-hybridized carbons (Fsp3) is 0.636. The molecular weight excluding hydrogens is 443 g/mol. The monoisotopic (exact) mass is 475 g/mol. The van der Waals surface area contributed by atoms with Gasteiger partial charge in [0.25, 0.3) is 0 Å². The second kappa shape index (κ2) is 12.3. The Labute approximate surface area is 191 Å². The molecule has 1 aromatic rings. The molecule has 1 atom stereocenters. The van der Waals surface area contributed by atoms with Crippen molar-refractivity contribution in [1.82, 2.24) is 15.1 Å². The standard InChI is InChI=1S/C20H31N3OS.C2HF3O2/c1-16(2)19(17-6-4-3-5-7-17)21-20(24)23-10-8-18(9-11-23)22-12-14-25-15-13-22;3-2(4,5)1(6)7/h3-7,16,18-19H,8-15H2,1-2H3,(H,21,24);(H,6,7). The first-order valence-corrected chi connectivity index (χ1v) is 12.0. The molecule has 0 aromatic heterocycles. The summed E-state index contributed by atoms with van der Waals surface area (Å²) < 4.78 is 31.7. The van der Waals surface area contributed by atoms with Gasteiger partial charge in [0, 0.05) is 43.7 Å². The molecule has 2 amide bonds. The number of benzene rings is 1. The lowest BCUT2D eigenvalue weighted by Crippen LogP contribution is -2.51. The number of hydrogen-bond donors (Lipinski definition) is 2. The summed E-state index contributed by atoms with van der Waals surface area (Å²) in [7, 11) is 0. The van der Waals surface area contributed by atoms with E-state index < -0.39 is 12.1 Å². The summed E-state index contributed by atoms with van der Waals surface area (Å²) in [5, 5.41) is 10.4. The number of halogens is 3. The molecule has 2 heterocycles. The lowest BCUT2D eigenvalue weighted by Gasteiger charge is -2.40. The number of urea groups is 1. The van der Waals surface area contributed by atoms with Crippen LogP contribution in [0.4, 0.5) is 18.0 Å². The third-order valence-electron chi connectivity index (χ3n) is 5.66. The van der Waals surface area contributed by atoms with Gasteiger partial charge in [0.05, 0.1) is 6.04 Å². The summed E-state index contributed by atoms with van der Waals surface area (Å²) >= 11 is 2.06. The first kappa shape index (κ1) is 26.3. The molecule has 0 spiro atoms. The van der Waals surface area contributed by atoms with Gasteiger partial charge in [-0.15, -0.1) is 0 Å². The summed E-state index contributed by atoms with van der Waals surface area (Å²) in [6.45, 7) is 8.51. The number of likely N-dealkylation sites (tertiary alicyclic amines) is 1.